The number of hydrogen-bond donors (Lipinski definition) is 1. The van der Waals surface area contributed by atoms with Crippen LogP contribution >= 0.6 is 0 Å². The van der Waals surface area contributed by atoms with Crippen LogP contribution in [0.4, 0.5) is 4.39 Å². The maximum atomic E-state index is 12.8. The van der Waals surface area contributed by atoms with Crippen LogP contribution in [-0.2, 0) is 13.1 Å². The molecule has 3 nitrogen and oxygen atoms in total. The average Bonchev–Trinajstić information content (AvgIpc) is 3.14. The van der Waals surface area contributed by atoms with Gasteiger partial charge in [-0.3, -0.25) is 10.00 Å². The molecule has 4 heteroatoms. The zero-order valence-corrected chi connectivity index (χ0v) is 11.1. The Morgan fingerprint density at radius 2 is 2.00 bits per heavy atom. The summed E-state index contributed by atoms with van der Waals surface area (Å²) in [6.07, 6.45) is 2.55. The summed E-state index contributed by atoms with van der Waals surface area (Å²) in [4.78, 5) is 2.19. The van der Waals surface area contributed by atoms with Crippen molar-refractivity contribution in [1.82, 2.24) is 15.1 Å². The van der Waals surface area contributed by atoms with Gasteiger partial charge >= 0.3 is 0 Å². The summed E-state index contributed by atoms with van der Waals surface area (Å²) in [5.74, 6) is 0.501. The summed E-state index contributed by atoms with van der Waals surface area (Å²) in [7, 11) is 2.06. The van der Waals surface area contributed by atoms with E-state index in [1.54, 1.807) is 0 Å². The number of nitrogens with one attached hydrogen (secondary N) is 1. The molecule has 1 saturated carbocycles. The summed E-state index contributed by atoms with van der Waals surface area (Å²) in [6, 6.07) is 8.83. The van der Waals surface area contributed by atoms with E-state index in [1.807, 2.05) is 12.1 Å². The van der Waals surface area contributed by atoms with Gasteiger partial charge in [0.25, 0.3) is 0 Å². The lowest BCUT2D eigenvalue weighted by Gasteiger charge is -2.15. The first-order valence-corrected chi connectivity index (χ1v) is 6.68. The third kappa shape index (κ3) is 3.20. The van der Waals surface area contributed by atoms with Crippen molar-refractivity contribution in [1.29, 1.82) is 0 Å². The minimum Gasteiger partial charge on any atom is -0.296 e. The SMILES string of the molecule is CN(Cc1ccc(F)cc1)Cc1cc(C2CC2)n[nH]1. The molecule has 100 valence electrons. The highest BCUT2D eigenvalue weighted by molar-refractivity contribution is 5.18. The third-order valence-corrected chi connectivity index (χ3v) is 3.45. The molecule has 0 spiro atoms. The minimum atomic E-state index is -0.186. The largest absolute Gasteiger partial charge is 0.296 e. The van der Waals surface area contributed by atoms with Crippen LogP contribution in [0.1, 0.15) is 35.7 Å². The molecule has 0 amide bonds. The number of H-pyrrole nitrogens is 1. The maximum absolute atomic E-state index is 12.8. The fraction of sp³-hybridized carbons (Fsp3) is 0.400. The predicted molar refractivity (Wildman–Crippen MR) is 72.1 cm³/mol. The van der Waals surface area contributed by atoms with Gasteiger partial charge in [-0.15, -0.1) is 0 Å². The number of halogens is 1. The van der Waals surface area contributed by atoms with E-state index in [4.69, 9.17) is 0 Å². The summed E-state index contributed by atoms with van der Waals surface area (Å²) in [5, 5.41) is 7.45. The highest BCUT2D eigenvalue weighted by Crippen LogP contribution is 2.39. The molecule has 1 aliphatic rings. The van der Waals surface area contributed by atoms with Crippen LogP contribution in [0.2, 0.25) is 0 Å². The second kappa shape index (κ2) is 5.13. The number of aromatic nitrogens is 2. The van der Waals surface area contributed by atoms with Gasteiger partial charge in [-0.1, -0.05) is 12.1 Å². The first-order valence-electron chi connectivity index (χ1n) is 6.68. The Labute approximate surface area is 112 Å². The maximum Gasteiger partial charge on any atom is 0.123 e. The number of hydrogen-bond acceptors (Lipinski definition) is 2. The molecule has 0 aliphatic heterocycles. The molecule has 0 saturated heterocycles. The van der Waals surface area contributed by atoms with E-state index in [0.717, 1.165) is 24.3 Å². The molecule has 2 aromatic rings. The Morgan fingerprint density at radius 3 is 2.68 bits per heavy atom. The molecule has 1 N–H and O–H groups in total. The van der Waals surface area contributed by atoms with Crippen LogP contribution in [0.3, 0.4) is 0 Å². The Kier molecular flexibility index (Phi) is 3.34. The van der Waals surface area contributed by atoms with Gasteiger partial charge in [0, 0.05) is 24.7 Å². The van der Waals surface area contributed by atoms with Crippen molar-refractivity contribution in [3.63, 3.8) is 0 Å². The first kappa shape index (κ1) is 12.4. The zero-order valence-electron chi connectivity index (χ0n) is 11.1. The van der Waals surface area contributed by atoms with E-state index >= 15 is 0 Å². The molecule has 1 aromatic heterocycles. The number of rotatable bonds is 5. The topological polar surface area (TPSA) is 31.9 Å². The molecule has 1 fully saturated rings. The predicted octanol–water partition coefficient (Wildman–Crippen LogP) is 3.06. The van der Waals surface area contributed by atoms with Crippen LogP contribution in [0.5, 0.6) is 0 Å². The van der Waals surface area contributed by atoms with E-state index < -0.39 is 0 Å². The van der Waals surface area contributed by atoms with E-state index in [2.05, 4.69) is 28.2 Å². The van der Waals surface area contributed by atoms with E-state index in [1.165, 1.54) is 30.7 Å². The van der Waals surface area contributed by atoms with Gasteiger partial charge in [0.1, 0.15) is 5.82 Å². The van der Waals surface area contributed by atoms with Crippen molar-refractivity contribution in [2.75, 3.05) is 7.05 Å². The first-order chi connectivity index (χ1) is 9.20. The van der Waals surface area contributed by atoms with Gasteiger partial charge in [-0.25, -0.2) is 4.39 Å². The van der Waals surface area contributed by atoms with Crippen molar-refractivity contribution >= 4 is 0 Å². The minimum absolute atomic E-state index is 0.186. The molecule has 1 aromatic carbocycles. The molecule has 19 heavy (non-hydrogen) atoms. The molecule has 0 atom stereocenters. The van der Waals surface area contributed by atoms with Gasteiger partial charge < -0.3 is 0 Å². The number of aromatic amines is 1. The molecule has 1 heterocycles. The normalized spacial score (nSPS) is 15.1. The Hall–Kier alpha value is -1.68. The fourth-order valence-electron chi connectivity index (χ4n) is 2.30. The monoisotopic (exact) mass is 259 g/mol. The molecule has 1 aliphatic carbocycles. The van der Waals surface area contributed by atoms with Crippen molar-refractivity contribution in [2.24, 2.45) is 0 Å². The summed E-state index contributed by atoms with van der Waals surface area (Å²) in [5.41, 5.74) is 3.46. The van der Waals surface area contributed by atoms with Gasteiger partial charge in [0.2, 0.25) is 0 Å². The highest BCUT2D eigenvalue weighted by atomic mass is 19.1. The van der Waals surface area contributed by atoms with E-state index in [9.17, 15) is 4.39 Å². The Bertz CT molecular complexity index is 543. The average molecular weight is 259 g/mol. The van der Waals surface area contributed by atoms with Crippen LogP contribution < -0.4 is 0 Å². The van der Waals surface area contributed by atoms with Crippen molar-refractivity contribution in [3.05, 3.63) is 53.1 Å². The Balaban J connectivity index is 1.57. The number of nitrogens with zero attached hydrogens (tertiary/aromatic N) is 2. The van der Waals surface area contributed by atoms with Crippen LogP contribution in [0.15, 0.2) is 30.3 Å². The zero-order chi connectivity index (χ0) is 13.2. The molecule has 3 rings (SSSR count). The van der Waals surface area contributed by atoms with Gasteiger partial charge in [0.05, 0.1) is 5.69 Å². The van der Waals surface area contributed by atoms with Crippen LogP contribution in [0.25, 0.3) is 0 Å². The molecular formula is C15H18FN3. The lowest BCUT2D eigenvalue weighted by molar-refractivity contribution is 0.315. The second-order valence-corrected chi connectivity index (χ2v) is 5.39. The van der Waals surface area contributed by atoms with Crippen molar-refractivity contribution in [3.8, 4) is 0 Å². The molecule has 0 bridgehead atoms. The lowest BCUT2D eigenvalue weighted by Crippen LogP contribution is -2.17. The molecular weight excluding hydrogens is 241 g/mol. The smallest absolute Gasteiger partial charge is 0.123 e. The third-order valence-electron chi connectivity index (χ3n) is 3.45. The summed E-state index contributed by atoms with van der Waals surface area (Å²) in [6.45, 7) is 1.63. The van der Waals surface area contributed by atoms with Crippen molar-refractivity contribution < 1.29 is 4.39 Å². The standard InChI is InChI=1S/C15H18FN3/c1-19(9-11-2-6-13(16)7-3-11)10-14-8-15(18-17-14)12-4-5-12/h2-3,6-8,12H,4-5,9-10H2,1H3,(H,17,18). The van der Waals surface area contributed by atoms with Gasteiger partial charge in [0.15, 0.2) is 0 Å². The number of benzene rings is 1. The van der Waals surface area contributed by atoms with Gasteiger partial charge in [-0.05, 0) is 43.7 Å². The van der Waals surface area contributed by atoms with Crippen LogP contribution in [0, 0.1) is 5.82 Å². The highest BCUT2D eigenvalue weighted by Gasteiger charge is 2.26. The fourth-order valence-corrected chi connectivity index (χ4v) is 2.30. The summed E-state index contributed by atoms with van der Waals surface area (Å²) < 4.78 is 12.8. The summed E-state index contributed by atoms with van der Waals surface area (Å²) >= 11 is 0. The van der Waals surface area contributed by atoms with E-state index in [-0.39, 0.29) is 5.82 Å². The van der Waals surface area contributed by atoms with Crippen molar-refractivity contribution in [2.45, 2.75) is 31.8 Å². The van der Waals surface area contributed by atoms with Gasteiger partial charge in [-0.2, -0.15) is 5.10 Å². The van der Waals surface area contributed by atoms with E-state index in [0.29, 0.717) is 5.92 Å². The quantitative estimate of drug-likeness (QED) is 0.895. The molecule has 0 unspecified atom stereocenters. The Morgan fingerprint density at radius 1 is 1.26 bits per heavy atom. The van der Waals surface area contributed by atoms with Crippen LogP contribution in [-0.4, -0.2) is 22.1 Å². The second-order valence-electron chi connectivity index (χ2n) is 5.39. The lowest BCUT2D eigenvalue weighted by atomic mass is 10.2. The molecule has 0 radical (unpaired) electrons.